The Labute approximate surface area is 180 Å². The largest absolute Gasteiger partial charge is 0.497 e. The molecule has 1 unspecified atom stereocenters. The van der Waals surface area contributed by atoms with Crippen molar-refractivity contribution in [2.75, 3.05) is 65.8 Å². The molecule has 0 radical (unpaired) electrons. The van der Waals surface area contributed by atoms with Gasteiger partial charge in [-0.25, -0.2) is 8.42 Å². The topological polar surface area (TPSA) is 83.5 Å². The molecule has 0 aromatic heterocycles. The van der Waals surface area contributed by atoms with Crippen LogP contribution in [0.1, 0.15) is 25.5 Å². The lowest BCUT2D eigenvalue weighted by atomic mass is 10.0. The van der Waals surface area contributed by atoms with Gasteiger partial charge in [-0.2, -0.15) is 0 Å². The van der Waals surface area contributed by atoms with Crippen molar-refractivity contribution in [1.29, 1.82) is 0 Å². The van der Waals surface area contributed by atoms with Crippen molar-refractivity contribution in [3.05, 3.63) is 29.8 Å². The second-order valence-corrected chi connectivity index (χ2v) is 11.1. The monoisotopic (exact) mass is 438 g/mol. The lowest BCUT2D eigenvalue weighted by Gasteiger charge is -2.40. The predicted molar refractivity (Wildman–Crippen MR) is 119 cm³/mol. The number of nitrogens with zero attached hydrogens (tertiary/aromatic N) is 3. The Morgan fingerprint density at radius 1 is 1.23 bits per heavy atom. The van der Waals surface area contributed by atoms with Crippen LogP contribution in [-0.4, -0.2) is 94.8 Å². The van der Waals surface area contributed by atoms with Crippen LogP contribution in [0, 0.1) is 0 Å². The molecule has 0 bridgehead atoms. The molecule has 2 saturated heterocycles. The lowest BCUT2D eigenvalue weighted by Crippen LogP contribution is -2.58. The van der Waals surface area contributed by atoms with Crippen molar-refractivity contribution < 1.29 is 17.9 Å². The van der Waals surface area contributed by atoms with Gasteiger partial charge in [0, 0.05) is 39.8 Å². The fourth-order valence-corrected chi connectivity index (χ4v) is 5.38. The third-order valence-corrected chi connectivity index (χ3v) is 8.53. The number of nitrogens with one attached hydrogen (secondary N) is 1. The van der Waals surface area contributed by atoms with Crippen molar-refractivity contribution in [2.24, 2.45) is 4.99 Å². The number of benzene rings is 1. The summed E-state index contributed by atoms with van der Waals surface area (Å²) in [6.45, 7) is 8.31. The predicted octanol–water partition coefficient (Wildman–Crippen LogP) is 1.15. The molecule has 1 aromatic rings. The van der Waals surface area contributed by atoms with Crippen LogP contribution in [0.4, 0.5) is 0 Å². The molecule has 1 N–H and O–H groups in total. The van der Waals surface area contributed by atoms with E-state index in [9.17, 15) is 8.42 Å². The number of guanidine groups is 1. The number of hydrogen-bond acceptors (Lipinski definition) is 6. The third kappa shape index (κ3) is 5.07. The van der Waals surface area contributed by atoms with Gasteiger partial charge in [0.05, 0.1) is 36.9 Å². The maximum Gasteiger partial charge on any atom is 0.193 e. The first-order valence-corrected chi connectivity index (χ1v) is 12.1. The van der Waals surface area contributed by atoms with Crippen molar-refractivity contribution in [1.82, 2.24) is 15.1 Å². The van der Waals surface area contributed by atoms with Crippen LogP contribution >= 0.6 is 0 Å². The van der Waals surface area contributed by atoms with E-state index < -0.39 is 14.6 Å². The summed E-state index contributed by atoms with van der Waals surface area (Å²) in [6, 6.07) is 8.31. The third-order valence-electron chi connectivity index (χ3n) is 6.00. The summed E-state index contributed by atoms with van der Waals surface area (Å²) < 4.78 is 34.8. The Morgan fingerprint density at radius 2 is 1.90 bits per heavy atom. The highest BCUT2D eigenvalue weighted by atomic mass is 32.2. The van der Waals surface area contributed by atoms with E-state index in [0.717, 1.165) is 38.0 Å². The van der Waals surface area contributed by atoms with Gasteiger partial charge >= 0.3 is 0 Å². The maximum absolute atomic E-state index is 12.4. The Balaban J connectivity index is 1.73. The van der Waals surface area contributed by atoms with E-state index in [2.05, 4.69) is 27.3 Å². The Bertz CT molecular complexity index is 833. The summed E-state index contributed by atoms with van der Waals surface area (Å²) >= 11 is 0. The summed E-state index contributed by atoms with van der Waals surface area (Å²) in [5.41, 5.74) is 1.20. The van der Waals surface area contributed by atoms with Gasteiger partial charge in [0.2, 0.25) is 0 Å². The number of ether oxygens (including phenoxy) is 2. The van der Waals surface area contributed by atoms with Crippen LogP contribution in [0.2, 0.25) is 0 Å². The quantitative estimate of drug-likeness (QED) is 0.545. The first kappa shape index (κ1) is 22.8. The molecule has 2 aliphatic rings. The highest BCUT2D eigenvalue weighted by Crippen LogP contribution is 2.25. The van der Waals surface area contributed by atoms with E-state index in [4.69, 9.17) is 9.47 Å². The molecule has 2 fully saturated rings. The molecular weight excluding hydrogens is 404 g/mol. The molecule has 0 amide bonds. The molecule has 168 valence electrons. The van der Waals surface area contributed by atoms with Gasteiger partial charge in [0.25, 0.3) is 0 Å². The van der Waals surface area contributed by atoms with Gasteiger partial charge in [-0.1, -0.05) is 12.1 Å². The highest BCUT2D eigenvalue weighted by Gasteiger charge is 2.41. The van der Waals surface area contributed by atoms with Crippen molar-refractivity contribution in [2.45, 2.75) is 24.6 Å². The van der Waals surface area contributed by atoms with Gasteiger partial charge in [0.1, 0.15) is 5.75 Å². The molecule has 2 aliphatic heterocycles. The van der Waals surface area contributed by atoms with E-state index in [0.29, 0.717) is 19.6 Å². The molecule has 1 atom stereocenters. The fourth-order valence-electron chi connectivity index (χ4n) is 4.02. The molecular formula is C21H34N4O4S. The average Bonchev–Trinajstić information content (AvgIpc) is 2.74. The van der Waals surface area contributed by atoms with E-state index >= 15 is 0 Å². The van der Waals surface area contributed by atoms with Crippen molar-refractivity contribution in [3.8, 4) is 5.75 Å². The minimum absolute atomic E-state index is 0.145. The Hall–Kier alpha value is -1.84. The number of methoxy groups -OCH3 is 1. The first-order valence-electron chi connectivity index (χ1n) is 10.4. The second-order valence-electron chi connectivity index (χ2n) is 8.37. The SMILES string of the molecule is CN=C(NCC(c1ccc(OC)cc1)N1CCOCC1)N1CCS(=O)(=O)C(C)(C)C1. The van der Waals surface area contributed by atoms with Crippen molar-refractivity contribution >= 4 is 15.8 Å². The number of sulfone groups is 1. The summed E-state index contributed by atoms with van der Waals surface area (Å²) in [4.78, 5) is 8.90. The minimum Gasteiger partial charge on any atom is -0.497 e. The average molecular weight is 439 g/mol. The van der Waals surface area contributed by atoms with Gasteiger partial charge in [-0.15, -0.1) is 0 Å². The molecule has 1 aromatic carbocycles. The smallest absolute Gasteiger partial charge is 0.193 e. The van der Waals surface area contributed by atoms with Crippen LogP contribution in [0.15, 0.2) is 29.3 Å². The second kappa shape index (κ2) is 9.53. The first-order chi connectivity index (χ1) is 14.3. The fraction of sp³-hybridized carbons (Fsp3) is 0.667. The highest BCUT2D eigenvalue weighted by molar-refractivity contribution is 7.92. The molecule has 8 nitrogen and oxygen atoms in total. The summed E-state index contributed by atoms with van der Waals surface area (Å²) in [5, 5.41) is 3.50. The summed E-state index contributed by atoms with van der Waals surface area (Å²) in [6.07, 6.45) is 0. The van der Waals surface area contributed by atoms with E-state index in [1.54, 1.807) is 28.0 Å². The van der Waals surface area contributed by atoms with Crippen LogP contribution in [0.25, 0.3) is 0 Å². The van der Waals surface area contributed by atoms with Crippen molar-refractivity contribution in [3.63, 3.8) is 0 Å². The Morgan fingerprint density at radius 3 is 2.47 bits per heavy atom. The molecule has 0 saturated carbocycles. The molecule has 3 rings (SSSR count). The zero-order valence-corrected chi connectivity index (χ0v) is 19.2. The summed E-state index contributed by atoms with van der Waals surface area (Å²) in [5.74, 6) is 1.72. The normalized spacial score (nSPS) is 23.1. The standard InChI is InChI=1S/C21H34N4O4S/c1-21(2)16-25(11-14-30(21,26)27)20(22-3)23-15-19(24-9-12-29-13-10-24)17-5-7-18(28-4)8-6-17/h5-8,19H,9-16H2,1-4H3,(H,22,23). The zero-order chi connectivity index (χ0) is 21.8. The van der Waals surface area contributed by atoms with Gasteiger partial charge in [-0.05, 0) is 31.5 Å². The van der Waals surface area contributed by atoms with Crippen LogP contribution in [0.3, 0.4) is 0 Å². The van der Waals surface area contributed by atoms with E-state index in [1.807, 2.05) is 17.0 Å². The van der Waals surface area contributed by atoms with Gasteiger partial charge < -0.3 is 19.7 Å². The molecule has 30 heavy (non-hydrogen) atoms. The van der Waals surface area contributed by atoms with Gasteiger partial charge in [0.15, 0.2) is 15.8 Å². The number of aliphatic imine (C=N–C) groups is 1. The zero-order valence-electron chi connectivity index (χ0n) is 18.4. The minimum atomic E-state index is -3.09. The Kier molecular flexibility index (Phi) is 7.26. The molecule has 0 aliphatic carbocycles. The molecule has 0 spiro atoms. The van der Waals surface area contributed by atoms with Crippen LogP contribution in [0.5, 0.6) is 5.75 Å². The summed E-state index contributed by atoms with van der Waals surface area (Å²) in [7, 11) is 0.320. The lowest BCUT2D eigenvalue weighted by molar-refractivity contribution is 0.0169. The van der Waals surface area contributed by atoms with Crippen LogP contribution in [-0.2, 0) is 14.6 Å². The number of hydrogen-bond donors (Lipinski definition) is 1. The molecule has 2 heterocycles. The van der Waals surface area contributed by atoms with Crippen LogP contribution < -0.4 is 10.1 Å². The van der Waals surface area contributed by atoms with Gasteiger partial charge in [-0.3, -0.25) is 9.89 Å². The van der Waals surface area contributed by atoms with E-state index in [1.165, 1.54) is 5.56 Å². The number of rotatable bonds is 5. The maximum atomic E-state index is 12.4. The molecule has 9 heteroatoms. The van der Waals surface area contributed by atoms with E-state index in [-0.39, 0.29) is 11.8 Å². The number of morpholine rings is 1.